The van der Waals surface area contributed by atoms with Crippen LogP contribution in [-0.4, -0.2) is 104 Å². The number of allylic oxidation sites excluding steroid dienone is 6. The number of methoxy groups -OCH3 is 2. The van der Waals surface area contributed by atoms with E-state index in [1.165, 1.54) is 0 Å². The predicted molar refractivity (Wildman–Crippen MR) is 234 cm³/mol. The van der Waals surface area contributed by atoms with Gasteiger partial charge in [0.1, 0.15) is 23.8 Å². The van der Waals surface area contributed by atoms with Gasteiger partial charge in [-0.15, -0.1) is 0 Å². The molecule has 1 amide bonds. The van der Waals surface area contributed by atoms with Crippen molar-refractivity contribution in [3.63, 3.8) is 0 Å². The first-order valence-electron chi connectivity index (χ1n) is 22.7. The quantitative estimate of drug-likeness (QED) is 0.0413. The number of hydrogen-bond acceptors (Lipinski definition) is 10. The molecule has 11 heteroatoms. The Kier molecular flexibility index (Phi) is 23.0. The molecule has 0 spiro atoms. The normalized spacial score (nSPS) is 26.3. The predicted octanol–water partition coefficient (Wildman–Crippen LogP) is 8.27. The SMILES string of the molecule is COC1CCC(CCC(CC(=O)C(C)/C=C(\C)C(O)CC(=O)C(C)CC(C)/C=C/C=C/C=C(\C)C(CC2CC[C@@H](C)C(C(=O)C(=O)N3CCCCC3)O2)OC)OC=O)CC1. The zero-order valence-corrected chi connectivity index (χ0v) is 38.0. The molecule has 1 saturated carbocycles. The van der Waals surface area contributed by atoms with Crippen molar-refractivity contribution in [3.8, 4) is 0 Å². The zero-order valence-electron chi connectivity index (χ0n) is 38.0. The van der Waals surface area contributed by atoms with Crippen LogP contribution in [0.5, 0.6) is 0 Å². The number of nitrogens with zero attached hydrogens (tertiary/aromatic N) is 1. The number of rotatable bonds is 25. The van der Waals surface area contributed by atoms with Crippen LogP contribution in [0.25, 0.3) is 0 Å². The number of hydrogen-bond donors (Lipinski definition) is 1. The summed E-state index contributed by atoms with van der Waals surface area (Å²) in [6.45, 7) is 13.2. The average Bonchev–Trinajstić information content (AvgIpc) is 3.24. The molecule has 2 heterocycles. The smallest absolute Gasteiger partial charge is 0.293 e. The van der Waals surface area contributed by atoms with Gasteiger partial charge in [-0.2, -0.15) is 0 Å². The number of aliphatic hydroxyl groups excluding tert-OH is 1. The molecule has 1 aliphatic carbocycles. The number of piperidine rings is 1. The van der Waals surface area contributed by atoms with E-state index in [-0.39, 0.29) is 54.4 Å². The van der Waals surface area contributed by atoms with E-state index in [1.54, 1.807) is 39.0 Å². The van der Waals surface area contributed by atoms with Crippen LogP contribution < -0.4 is 0 Å². The molecule has 338 valence electrons. The summed E-state index contributed by atoms with van der Waals surface area (Å²) in [5, 5.41) is 10.9. The van der Waals surface area contributed by atoms with Gasteiger partial charge in [0.2, 0.25) is 5.78 Å². The number of likely N-dealkylation sites (tertiary alicyclic amines) is 1. The lowest BCUT2D eigenvalue weighted by atomic mass is 9.83. The second kappa shape index (κ2) is 26.9. The molecule has 2 aliphatic heterocycles. The van der Waals surface area contributed by atoms with Crippen LogP contribution in [-0.2, 0) is 42.9 Å². The summed E-state index contributed by atoms with van der Waals surface area (Å²) in [5.74, 6) is -1.01. The Hall–Kier alpha value is -3.25. The van der Waals surface area contributed by atoms with Crippen LogP contribution in [0.3, 0.4) is 0 Å². The third-order valence-electron chi connectivity index (χ3n) is 13.1. The lowest BCUT2D eigenvalue weighted by Gasteiger charge is -2.36. The second-order valence-corrected chi connectivity index (χ2v) is 18.1. The van der Waals surface area contributed by atoms with Crippen molar-refractivity contribution in [2.45, 2.75) is 174 Å². The van der Waals surface area contributed by atoms with E-state index in [2.05, 4.69) is 13.0 Å². The van der Waals surface area contributed by atoms with Crippen molar-refractivity contribution < 1.29 is 48.0 Å². The standard InChI is InChI=1S/C49H77NO10/c1-33(15-11-9-12-16-34(2)46(58-8)30-42-21-17-35(3)48(60-42)47(55)49(56)50-25-13-10-14-26-50)27-36(4)44(53)31-45(54)38(6)28-37(5)43(52)29-41(59-32-51)24-20-39-18-22-40(57-7)23-19-39/h9,11-12,15-16,28,32-33,35-37,39-42,45-46,48,54H,10,13-14,17-27,29-31H2,1-8H3/b12-9+,15-11+,34-16+,38-28+/t33?,35-,36?,37?,39?,40?,41?,42?,45?,46?,48?/m1/s1. The highest BCUT2D eigenvalue weighted by atomic mass is 16.5. The Morgan fingerprint density at radius 1 is 0.867 bits per heavy atom. The van der Waals surface area contributed by atoms with Crippen molar-refractivity contribution in [1.82, 2.24) is 4.90 Å². The fourth-order valence-corrected chi connectivity index (χ4v) is 8.92. The van der Waals surface area contributed by atoms with Gasteiger partial charge in [-0.05, 0) is 120 Å². The molecule has 3 aliphatic rings. The Labute approximate surface area is 360 Å². The molecule has 9 atom stereocenters. The highest BCUT2D eigenvalue weighted by Gasteiger charge is 2.39. The van der Waals surface area contributed by atoms with Gasteiger partial charge >= 0.3 is 0 Å². The lowest BCUT2D eigenvalue weighted by Crippen LogP contribution is -2.49. The number of carbonyl (C=O) groups excluding carboxylic acids is 5. The van der Waals surface area contributed by atoms with Crippen molar-refractivity contribution in [3.05, 3.63) is 47.6 Å². The topological polar surface area (TPSA) is 146 Å². The fraction of sp³-hybridized carbons (Fsp3) is 0.735. The first-order valence-corrected chi connectivity index (χ1v) is 22.7. The maximum atomic E-state index is 13.2. The van der Waals surface area contributed by atoms with Gasteiger partial charge in [0.15, 0.2) is 0 Å². The first kappa shape index (κ1) is 51.1. The highest BCUT2D eigenvalue weighted by Crippen LogP contribution is 2.32. The number of Topliss-reactive ketones (excluding diaryl/α,β-unsaturated/α-hetero) is 3. The fourth-order valence-electron chi connectivity index (χ4n) is 8.92. The number of ether oxygens (including phenoxy) is 4. The van der Waals surface area contributed by atoms with E-state index in [1.807, 2.05) is 45.1 Å². The number of ketones is 3. The molecule has 0 bridgehead atoms. The average molecular weight is 840 g/mol. The lowest BCUT2D eigenvalue weighted by molar-refractivity contribution is -0.161. The van der Waals surface area contributed by atoms with E-state index < -0.39 is 35.9 Å². The van der Waals surface area contributed by atoms with Crippen LogP contribution in [0.1, 0.15) is 138 Å². The monoisotopic (exact) mass is 840 g/mol. The minimum absolute atomic E-state index is 0.00736. The highest BCUT2D eigenvalue weighted by molar-refractivity contribution is 6.37. The molecule has 1 N–H and O–H groups in total. The van der Waals surface area contributed by atoms with E-state index in [0.29, 0.717) is 56.4 Å². The van der Waals surface area contributed by atoms with Gasteiger partial charge in [-0.25, -0.2) is 0 Å². The van der Waals surface area contributed by atoms with E-state index in [0.717, 1.165) is 69.8 Å². The van der Waals surface area contributed by atoms with Gasteiger partial charge in [-0.3, -0.25) is 24.0 Å². The molecular formula is C49H77NO10. The molecule has 0 aromatic rings. The molecule has 0 radical (unpaired) electrons. The van der Waals surface area contributed by atoms with Crippen LogP contribution in [0, 0.1) is 29.6 Å². The molecule has 3 rings (SSSR count). The number of carbonyl (C=O) groups is 5. The summed E-state index contributed by atoms with van der Waals surface area (Å²) >= 11 is 0. The van der Waals surface area contributed by atoms with Crippen LogP contribution in [0.2, 0.25) is 0 Å². The van der Waals surface area contributed by atoms with Crippen molar-refractivity contribution in [2.24, 2.45) is 29.6 Å². The zero-order chi connectivity index (χ0) is 44.2. The Balaban J connectivity index is 1.41. The Morgan fingerprint density at radius 2 is 1.57 bits per heavy atom. The molecule has 60 heavy (non-hydrogen) atoms. The van der Waals surface area contributed by atoms with Crippen LogP contribution >= 0.6 is 0 Å². The summed E-state index contributed by atoms with van der Waals surface area (Å²) in [4.78, 5) is 65.2. The molecule has 11 nitrogen and oxygen atoms in total. The minimum Gasteiger partial charge on any atom is -0.464 e. The summed E-state index contributed by atoms with van der Waals surface area (Å²) in [6.07, 6.45) is 21.1. The third kappa shape index (κ3) is 17.3. The molecule has 3 fully saturated rings. The number of amides is 1. The molecule has 8 unspecified atom stereocenters. The maximum absolute atomic E-state index is 13.2. The Bertz CT molecular complexity index is 1490. The van der Waals surface area contributed by atoms with Crippen molar-refractivity contribution >= 4 is 29.7 Å². The van der Waals surface area contributed by atoms with Crippen molar-refractivity contribution in [1.29, 1.82) is 0 Å². The summed E-state index contributed by atoms with van der Waals surface area (Å²) < 4.78 is 22.9. The molecular weight excluding hydrogens is 763 g/mol. The van der Waals surface area contributed by atoms with Gasteiger partial charge in [0, 0.05) is 58.4 Å². The molecule has 0 aromatic heterocycles. The minimum atomic E-state index is -0.981. The largest absolute Gasteiger partial charge is 0.464 e. The van der Waals surface area contributed by atoms with Gasteiger partial charge in [-0.1, -0.05) is 64.2 Å². The first-order chi connectivity index (χ1) is 28.7. The molecule has 0 aromatic carbocycles. The Morgan fingerprint density at radius 3 is 2.22 bits per heavy atom. The van der Waals surface area contributed by atoms with E-state index in [4.69, 9.17) is 18.9 Å². The summed E-state index contributed by atoms with van der Waals surface area (Å²) in [7, 11) is 3.42. The van der Waals surface area contributed by atoms with Crippen molar-refractivity contribution in [2.75, 3.05) is 27.3 Å². The number of aliphatic hydroxyl groups is 1. The van der Waals surface area contributed by atoms with E-state index >= 15 is 0 Å². The van der Waals surface area contributed by atoms with E-state index in [9.17, 15) is 29.1 Å². The van der Waals surface area contributed by atoms with Gasteiger partial charge in [0.25, 0.3) is 12.4 Å². The summed E-state index contributed by atoms with van der Waals surface area (Å²) in [5.41, 5.74) is 1.60. The second-order valence-electron chi connectivity index (χ2n) is 18.1. The van der Waals surface area contributed by atoms with Crippen LogP contribution in [0.4, 0.5) is 0 Å². The third-order valence-corrected chi connectivity index (χ3v) is 13.1. The van der Waals surface area contributed by atoms with Gasteiger partial charge in [0.05, 0.1) is 24.4 Å². The maximum Gasteiger partial charge on any atom is 0.293 e. The van der Waals surface area contributed by atoms with Crippen LogP contribution in [0.15, 0.2) is 47.6 Å². The summed E-state index contributed by atoms with van der Waals surface area (Å²) in [6, 6.07) is 0. The van der Waals surface area contributed by atoms with Gasteiger partial charge < -0.3 is 29.0 Å². The molecule has 2 saturated heterocycles.